The van der Waals surface area contributed by atoms with Gasteiger partial charge in [0.05, 0.1) is 55.2 Å². The topological polar surface area (TPSA) is 24.6 Å². The van der Waals surface area contributed by atoms with Crippen LogP contribution in [0.15, 0.2) is 564 Å². The van der Waals surface area contributed by atoms with Gasteiger partial charge in [-0.15, -0.1) is 0 Å². The Morgan fingerprint density at radius 2 is 0.369 bits per heavy atom. The first kappa shape index (κ1) is 101. The molecule has 5 heterocycles. The van der Waals surface area contributed by atoms with Crippen molar-refractivity contribution in [1.29, 1.82) is 0 Å². The average Bonchev–Trinajstić information content (AvgIpc) is 1.59. The molecule has 0 bridgehead atoms. The summed E-state index contributed by atoms with van der Waals surface area (Å²) < 4.78 is 11.7. The monoisotopic (exact) mass is 1930 g/mol. The summed E-state index contributed by atoms with van der Waals surface area (Å²) in [6.07, 6.45) is 0. The van der Waals surface area contributed by atoms with Gasteiger partial charge in [0.25, 0.3) is 0 Å². The highest BCUT2D eigenvalue weighted by Gasteiger charge is 2.25. The molecule has 0 spiro atoms. The van der Waals surface area contributed by atoms with Gasteiger partial charge in [0, 0.05) is 88.2 Å². The number of para-hydroxylation sites is 11. The van der Waals surface area contributed by atoms with E-state index in [1.807, 2.05) is 91.0 Å². The van der Waals surface area contributed by atoms with Crippen LogP contribution in [0.25, 0.3) is 149 Å². The summed E-state index contributed by atoms with van der Waals surface area (Å²) in [5, 5.41) is 13.3. The number of aromatic nitrogens is 5. The minimum absolute atomic E-state index is 0.558. The van der Waals surface area contributed by atoms with Crippen LogP contribution in [0, 0.1) is 69.2 Å². The molecule has 0 unspecified atom stereocenters. The Labute approximate surface area is 878 Å². The van der Waals surface area contributed by atoms with Crippen LogP contribution in [-0.4, -0.2) is 22.8 Å². The van der Waals surface area contributed by atoms with Crippen molar-refractivity contribution in [2.75, 3.05) is 0 Å². The summed E-state index contributed by atoms with van der Waals surface area (Å²) >= 11 is 0. The van der Waals surface area contributed by atoms with Gasteiger partial charge in [-0.1, -0.05) is 483 Å². The molecule has 0 amide bonds. The molecule has 22 aromatic carbocycles. The van der Waals surface area contributed by atoms with Crippen LogP contribution in [0.5, 0.6) is 0 Å². The van der Waals surface area contributed by atoms with E-state index in [1.54, 1.807) is 0 Å². The van der Waals surface area contributed by atoms with Crippen molar-refractivity contribution in [3.63, 3.8) is 0 Å². The zero-order chi connectivity index (χ0) is 103. The maximum atomic E-state index is 2.36. The van der Waals surface area contributed by atoms with Gasteiger partial charge in [0.1, 0.15) is 0 Å². The van der Waals surface area contributed by atoms with Crippen LogP contribution in [0.1, 0.15) is 79.6 Å². The molecule has 28 rings (SSSR count). The van der Waals surface area contributed by atoms with Gasteiger partial charge in [-0.25, -0.2) is 0 Å². The van der Waals surface area contributed by atoms with Crippen molar-refractivity contribution in [2.45, 2.75) is 82.1 Å². The van der Waals surface area contributed by atoms with E-state index in [2.05, 4.69) is 572 Å². The number of aryl methyl sites for hydroxylation is 10. The fourth-order valence-corrected chi connectivity index (χ4v) is 20.1. The molecule has 1 aliphatic rings. The lowest BCUT2D eigenvalue weighted by Crippen LogP contribution is -1.94. The van der Waals surface area contributed by atoms with Gasteiger partial charge in [-0.2, -0.15) is 0 Å². The van der Waals surface area contributed by atoms with Crippen molar-refractivity contribution in [2.24, 2.45) is 0 Å². The van der Waals surface area contributed by atoms with Gasteiger partial charge < -0.3 is 22.8 Å². The normalized spacial score (nSPS) is 10.9. The summed E-state index contributed by atoms with van der Waals surface area (Å²) in [4.78, 5) is 0. The van der Waals surface area contributed by atoms with Crippen LogP contribution in [0.3, 0.4) is 0 Å². The van der Waals surface area contributed by atoms with Gasteiger partial charge in [-0.3, -0.25) is 0 Å². The van der Waals surface area contributed by atoms with Crippen LogP contribution in [0.4, 0.5) is 0 Å². The van der Waals surface area contributed by atoms with Gasteiger partial charge >= 0.3 is 0 Å². The Hall–Kier alpha value is -18.2. The molecule has 0 fully saturated rings. The molecule has 149 heavy (non-hydrogen) atoms. The third kappa shape index (κ3) is 23.8. The van der Waals surface area contributed by atoms with Crippen molar-refractivity contribution >= 4 is 109 Å². The van der Waals surface area contributed by atoms with Crippen molar-refractivity contribution < 1.29 is 0 Å². The lowest BCUT2D eigenvalue weighted by atomic mass is 10.00. The fraction of sp³-hybridized carbons (Fsp3) is 0.0833. The standard InChI is InChI=1S/5C19H15N.C14H12.5C7H8/c1-14-8-7-12-17-16-11-5-6-13-18(16)20(19(14)17)15-9-3-2-4-10-15;2*1-14-8-7-13-18-19(14)16-11-5-6-12-17(16)20(18)15-9-3-2-4-10-15;1-14-11-12-19-17(13-14)16-9-5-6-10-18(16)20(19)15-7-3-2-4-8-15;1-14-11-12-17-16-9-5-6-10-18(16)20(19(17)13-14)15-7-3-2-4-8-15;1-10-11-6-2-4-8-13(11)14-9-5-3-7-12(10)14;5*1-7-5-3-2-4-6-7/h5*2-13H,1H3;2-10H,1H3;5*2-6H,1H3. The summed E-state index contributed by atoms with van der Waals surface area (Å²) in [7, 11) is 0. The fourth-order valence-electron chi connectivity index (χ4n) is 20.1. The van der Waals surface area contributed by atoms with Crippen molar-refractivity contribution in [3.05, 3.63) is 631 Å². The van der Waals surface area contributed by atoms with E-state index in [0.717, 1.165) is 0 Å². The smallest absolute Gasteiger partial charge is 0.0570 e. The minimum atomic E-state index is 0.558. The molecule has 5 nitrogen and oxygen atoms in total. The summed E-state index contributed by atoms with van der Waals surface area (Å²) in [5.41, 5.74) is 37.7. The van der Waals surface area contributed by atoms with Gasteiger partial charge in [0.15, 0.2) is 0 Å². The lowest BCUT2D eigenvalue weighted by Gasteiger charge is -2.08. The Morgan fingerprint density at radius 3 is 0.725 bits per heavy atom. The van der Waals surface area contributed by atoms with E-state index in [4.69, 9.17) is 0 Å². The first-order valence-electron chi connectivity index (χ1n) is 51.6. The molecule has 27 aromatic rings. The van der Waals surface area contributed by atoms with Crippen LogP contribution < -0.4 is 0 Å². The average molecular weight is 1930 g/mol. The Morgan fingerprint density at radius 1 is 0.141 bits per heavy atom. The Bertz CT molecular complexity index is 8510. The molecule has 0 saturated heterocycles. The first-order valence-corrected chi connectivity index (χ1v) is 51.6. The largest absolute Gasteiger partial charge is 0.309 e. The zero-order valence-electron chi connectivity index (χ0n) is 87.0. The van der Waals surface area contributed by atoms with Crippen LogP contribution in [-0.2, 0) is 0 Å². The maximum absolute atomic E-state index is 2.36. The van der Waals surface area contributed by atoms with E-state index < -0.39 is 0 Å². The molecule has 5 heteroatoms. The number of benzene rings is 22. The summed E-state index contributed by atoms with van der Waals surface area (Å²) in [6, 6.07) is 198. The van der Waals surface area contributed by atoms with Crippen LogP contribution >= 0.6 is 0 Å². The van der Waals surface area contributed by atoms with E-state index in [-0.39, 0.29) is 0 Å². The number of hydrogen-bond acceptors (Lipinski definition) is 0. The third-order valence-corrected chi connectivity index (χ3v) is 27.3. The molecule has 1 aliphatic carbocycles. The molecule has 0 radical (unpaired) electrons. The first-order chi connectivity index (χ1) is 73.1. The molecule has 0 aliphatic heterocycles. The highest BCUT2D eigenvalue weighted by molar-refractivity contribution is 6.14. The predicted octanol–water partition coefficient (Wildman–Crippen LogP) is 39.3. The van der Waals surface area contributed by atoms with Gasteiger partial charge in [-0.05, 0) is 235 Å². The minimum Gasteiger partial charge on any atom is -0.309 e. The number of hydrogen-bond donors (Lipinski definition) is 0. The van der Waals surface area contributed by atoms with E-state index in [1.165, 1.54) is 215 Å². The SMILES string of the molecule is CC1c2ccccc2-c2ccccc21.Cc1ccc2c(c1)c1ccccc1n2-c1ccccc1.Cc1ccc2c3ccccc3n(-c3ccccc3)c2c1.Cc1cccc2c1c1ccccc1n2-c1ccccc1.Cc1cccc2c1c1ccccc1n2-c1ccccc1.Cc1cccc2c3ccccc3n(-c3ccccc3)c12.Cc1ccccc1.Cc1ccccc1.Cc1ccccc1.Cc1ccccc1.Cc1ccccc1. The predicted molar refractivity (Wildman–Crippen MR) is 643 cm³/mol. The molecule has 728 valence electrons. The second-order valence-corrected chi connectivity index (χ2v) is 38.1. The number of rotatable bonds is 5. The second kappa shape index (κ2) is 48.9. The number of nitrogens with zero attached hydrogens (tertiary/aromatic N) is 5. The maximum Gasteiger partial charge on any atom is 0.0570 e. The van der Waals surface area contributed by atoms with Gasteiger partial charge in [0.2, 0.25) is 0 Å². The lowest BCUT2D eigenvalue weighted by molar-refractivity contribution is 0.957. The summed E-state index contributed by atoms with van der Waals surface area (Å²) in [5.74, 6) is 0.558. The highest BCUT2D eigenvalue weighted by Crippen LogP contribution is 2.45. The van der Waals surface area contributed by atoms with Crippen molar-refractivity contribution in [3.8, 4) is 39.6 Å². The number of fused-ring (bicyclic) bond motifs is 18. The zero-order valence-corrected chi connectivity index (χ0v) is 87.0. The highest BCUT2D eigenvalue weighted by atomic mass is 15.0. The van der Waals surface area contributed by atoms with E-state index >= 15 is 0 Å². The quantitative estimate of drug-likeness (QED) is 0.164. The molecular formula is C144H127N5. The van der Waals surface area contributed by atoms with Crippen molar-refractivity contribution in [1.82, 2.24) is 22.8 Å². The molecule has 0 saturated carbocycles. The third-order valence-electron chi connectivity index (χ3n) is 27.3. The Kier molecular flexibility index (Phi) is 33.2. The van der Waals surface area contributed by atoms with E-state index in [0.29, 0.717) is 5.92 Å². The molecular weight excluding hydrogens is 1800 g/mol. The molecule has 5 aromatic heterocycles. The second-order valence-electron chi connectivity index (χ2n) is 38.1. The van der Waals surface area contributed by atoms with E-state index in [9.17, 15) is 0 Å². The molecule has 0 N–H and O–H groups in total. The summed E-state index contributed by atoms with van der Waals surface area (Å²) in [6.45, 7) is 23.5. The molecule has 0 atom stereocenters. The Balaban J connectivity index is 0.000000110. The van der Waals surface area contributed by atoms with Crippen LogP contribution in [0.2, 0.25) is 0 Å².